The second kappa shape index (κ2) is 12.2. The van der Waals surface area contributed by atoms with E-state index in [1.165, 1.54) is 0 Å². The molecule has 41 heavy (non-hydrogen) atoms. The summed E-state index contributed by atoms with van der Waals surface area (Å²) in [4.78, 5) is 0. The van der Waals surface area contributed by atoms with Crippen LogP contribution in [-0.2, 0) is 30.0 Å². The van der Waals surface area contributed by atoms with Gasteiger partial charge in [0.2, 0.25) is 0 Å². The molecule has 0 aromatic heterocycles. The van der Waals surface area contributed by atoms with Crippen LogP contribution in [0.25, 0.3) is 0 Å². The highest BCUT2D eigenvalue weighted by Crippen LogP contribution is 2.50. The minimum absolute atomic E-state index is 0.686. The predicted molar refractivity (Wildman–Crippen MR) is 162 cm³/mol. The van der Waals surface area contributed by atoms with Crippen molar-refractivity contribution in [3.8, 4) is 0 Å². The molecule has 5 nitrogen and oxygen atoms in total. The van der Waals surface area contributed by atoms with Crippen molar-refractivity contribution in [2.24, 2.45) is 0 Å². The first-order chi connectivity index (χ1) is 19.8. The van der Waals surface area contributed by atoms with Crippen molar-refractivity contribution in [1.82, 2.24) is 0 Å². The number of hydrogen-bond donors (Lipinski definition) is 1. The van der Waals surface area contributed by atoms with Crippen molar-refractivity contribution in [2.75, 3.05) is 14.2 Å². The Kier molecular flexibility index (Phi) is 8.59. The molecule has 1 saturated heterocycles. The van der Waals surface area contributed by atoms with Gasteiger partial charge >= 0.3 is 7.12 Å². The molecule has 210 valence electrons. The Bertz CT molecular complexity index is 1230. The average Bonchev–Trinajstić information content (AvgIpc) is 3.44. The summed E-state index contributed by atoms with van der Waals surface area (Å²) < 4.78 is 26.9. The molecule has 6 heteroatoms. The standard InChI is InChI=1S/C35H37BO5/c1-33(2,37)25-26-36-40-31(34(38-3,27-17-9-5-10-18-27)28-19-11-6-12-20-28)32(41-36)35(39-4,29-21-13-7-14-22-29)30-23-15-8-16-24-30/h5-26,31-32,37H,1-4H3/b26-25+/t31-,32-/m1/s1. The van der Waals surface area contributed by atoms with E-state index in [0.717, 1.165) is 22.3 Å². The van der Waals surface area contributed by atoms with Crippen molar-refractivity contribution in [3.05, 3.63) is 156 Å². The molecule has 0 spiro atoms. The summed E-state index contributed by atoms with van der Waals surface area (Å²) in [5.74, 6) is 1.76. The van der Waals surface area contributed by atoms with Crippen LogP contribution in [0.4, 0.5) is 0 Å². The van der Waals surface area contributed by atoms with E-state index in [2.05, 4.69) is 48.5 Å². The van der Waals surface area contributed by atoms with Crippen LogP contribution in [0.1, 0.15) is 36.1 Å². The van der Waals surface area contributed by atoms with Crippen LogP contribution in [0, 0.1) is 0 Å². The fourth-order valence-corrected chi connectivity index (χ4v) is 5.92. The highest BCUT2D eigenvalue weighted by Gasteiger charge is 2.61. The van der Waals surface area contributed by atoms with Crippen molar-refractivity contribution in [1.29, 1.82) is 0 Å². The summed E-state index contributed by atoms with van der Waals surface area (Å²) in [6.45, 7) is 3.43. The number of rotatable bonds is 10. The molecule has 0 aliphatic carbocycles. The Morgan fingerprint density at radius 1 is 0.585 bits per heavy atom. The molecule has 2 atom stereocenters. The summed E-state index contributed by atoms with van der Waals surface area (Å²) in [5, 5.41) is 10.5. The summed E-state index contributed by atoms with van der Waals surface area (Å²) >= 11 is 0. The average molecular weight is 548 g/mol. The van der Waals surface area contributed by atoms with E-state index < -0.39 is 36.1 Å². The fourth-order valence-electron chi connectivity index (χ4n) is 5.92. The third-order valence-corrected chi connectivity index (χ3v) is 7.75. The smallest absolute Gasteiger partial charge is 0.398 e. The van der Waals surface area contributed by atoms with Gasteiger partial charge in [0.15, 0.2) is 0 Å². The molecule has 5 rings (SSSR count). The molecule has 0 unspecified atom stereocenters. The van der Waals surface area contributed by atoms with Gasteiger partial charge in [0.25, 0.3) is 0 Å². The number of ether oxygens (including phenoxy) is 2. The van der Waals surface area contributed by atoms with Crippen LogP contribution >= 0.6 is 0 Å². The van der Waals surface area contributed by atoms with Crippen LogP contribution < -0.4 is 0 Å². The Morgan fingerprint density at radius 3 is 1.12 bits per heavy atom. The quantitative estimate of drug-likeness (QED) is 0.236. The maximum Gasteiger partial charge on any atom is 0.486 e. The first kappa shape index (κ1) is 29.0. The van der Waals surface area contributed by atoms with Gasteiger partial charge in [-0.1, -0.05) is 133 Å². The first-order valence-electron chi connectivity index (χ1n) is 13.9. The Hall–Kier alpha value is -3.52. The van der Waals surface area contributed by atoms with Gasteiger partial charge in [-0.25, -0.2) is 0 Å². The summed E-state index contributed by atoms with van der Waals surface area (Å²) in [7, 11) is 2.64. The number of aliphatic hydroxyl groups is 1. The van der Waals surface area contributed by atoms with E-state index >= 15 is 0 Å². The van der Waals surface area contributed by atoms with E-state index in [9.17, 15) is 5.11 Å². The minimum atomic E-state index is -1.07. The highest BCUT2D eigenvalue weighted by molar-refractivity contribution is 6.51. The van der Waals surface area contributed by atoms with Gasteiger partial charge in [-0.15, -0.1) is 0 Å². The number of hydrogen-bond acceptors (Lipinski definition) is 5. The molecule has 0 amide bonds. The van der Waals surface area contributed by atoms with Gasteiger partial charge in [0.05, 0.1) is 5.60 Å². The van der Waals surface area contributed by atoms with Crippen LogP contribution in [0.3, 0.4) is 0 Å². The third kappa shape index (κ3) is 5.54. The lowest BCUT2D eigenvalue weighted by molar-refractivity contribution is -0.136. The van der Waals surface area contributed by atoms with Crippen molar-refractivity contribution >= 4 is 7.12 Å². The minimum Gasteiger partial charge on any atom is -0.398 e. The number of methoxy groups -OCH3 is 2. The summed E-state index contributed by atoms with van der Waals surface area (Å²) in [5.41, 5.74) is 0.497. The topological polar surface area (TPSA) is 57.2 Å². The molecule has 1 N–H and O–H groups in total. The van der Waals surface area contributed by atoms with E-state index in [0.29, 0.717) is 0 Å². The van der Waals surface area contributed by atoms with Crippen LogP contribution in [0.15, 0.2) is 133 Å². The lowest BCUT2D eigenvalue weighted by Crippen LogP contribution is -2.56. The highest BCUT2D eigenvalue weighted by atomic mass is 16.7. The van der Waals surface area contributed by atoms with Gasteiger partial charge in [0.1, 0.15) is 23.4 Å². The molecule has 1 aliphatic rings. The summed E-state index contributed by atoms with van der Waals surface area (Å²) in [6.07, 6.45) is 0.319. The molecule has 1 aliphatic heterocycles. The van der Waals surface area contributed by atoms with E-state index in [1.54, 1.807) is 40.1 Å². The van der Waals surface area contributed by atoms with Crippen molar-refractivity contribution in [3.63, 3.8) is 0 Å². The van der Waals surface area contributed by atoms with Crippen LogP contribution in [0.2, 0.25) is 0 Å². The zero-order chi connectivity index (χ0) is 28.9. The van der Waals surface area contributed by atoms with Crippen molar-refractivity contribution < 1.29 is 23.9 Å². The SMILES string of the molecule is COC(c1ccccc1)(c1ccccc1)[C@@H]1OB(/C=C/C(C)(C)O)O[C@H]1C(OC)(c1ccccc1)c1ccccc1. The van der Waals surface area contributed by atoms with Crippen LogP contribution in [0.5, 0.6) is 0 Å². The largest absolute Gasteiger partial charge is 0.486 e. The number of benzene rings is 4. The van der Waals surface area contributed by atoms with Crippen molar-refractivity contribution in [2.45, 2.75) is 42.9 Å². The molecule has 4 aromatic carbocycles. The second-order valence-electron chi connectivity index (χ2n) is 10.8. The molecule has 0 bridgehead atoms. The van der Waals surface area contributed by atoms with E-state index in [4.69, 9.17) is 18.8 Å². The molecule has 1 heterocycles. The molecule has 4 aromatic rings. The second-order valence-corrected chi connectivity index (χ2v) is 10.8. The molecular formula is C35H37BO5. The Labute approximate surface area is 243 Å². The van der Waals surface area contributed by atoms with E-state index in [1.807, 2.05) is 72.8 Å². The summed E-state index contributed by atoms with van der Waals surface area (Å²) in [6, 6.07) is 40.4. The Morgan fingerprint density at radius 2 is 0.878 bits per heavy atom. The zero-order valence-corrected chi connectivity index (χ0v) is 24.0. The van der Waals surface area contributed by atoms with E-state index in [-0.39, 0.29) is 0 Å². The maximum absolute atomic E-state index is 10.5. The molecule has 1 fully saturated rings. The lowest BCUT2D eigenvalue weighted by Gasteiger charge is -2.46. The first-order valence-corrected chi connectivity index (χ1v) is 13.9. The Balaban J connectivity index is 1.80. The van der Waals surface area contributed by atoms with Gasteiger partial charge in [-0.3, -0.25) is 0 Å². The zero-order valence-electron chi connectivity index (χ0n) is 24.0. The molecular weight excluding hydrogens is 511 g/mol. The van der Waals surface area contributed by atoms with Gasteiger partial charge in [0, 0.05) is 14.2 Å². The molecule has 0 radical (unpaired) electrons. The fraction of sp³-hybridized carbons (Fsp3) is 0.257. The van der Waals surface area contributed by atoms with Gasteiger partial charge in [-0.05, 0) is 36.1 Å². The maximum atomic E-state index is 10.5. The predicted octanol–water partition coefficient (Wildman–Crippen LogP) is 6.31. The monoisotopic (exact) mass is 548 g/mol. The normalized spacial score (nSPS) is 18.2. The van der Waals surface area contributed by atoms with Gasteiger partial charge < -0.3 is 23.9 Å². The third-order valence-electron chi connectivity index (χ3n) is 7.75. The van der Waals surface area contributed by atoms with Crippen LogP contribution in [-0.4, -0.2) is 44.3 Å². The molecule has 0 saturated carbocycles. The van der Waals surface area contributed by atoms with Gasteiger partial charge in [-0.2, -0.15) is 0 Å². The lowest BCUT2D eigenvalue weighted by atomic mass is 9.71.